The van der Waals surface area contributed by atoms with Crippen LogP contribution in [0.25, 0.3) is 27.5 Å². The maximum Gasteiger partial charge on any atom is 0.259 e. The Morgan fingerprint density at radius 2 is 1.88 bits per heavy atom. The average molecular weight is 540 g/mol. The lowest BCUT2D eigenvalue weighted by molar-refractivity contribution is 0.100. The topological polar surface area (TPSA) is 143 Å². The van der Waals surface area contributed by atoms with Crippen LogP contribution in [-0.2, 0) is 6.42 Å². The third-order valence-electron chi connectivity index (χ3n) is 7.39. The first-order valence-corrected chi connectivity index (χ1v) is 13.5. The van der Waals surface area contributed by atoms with Gasteiger partial charge < -0.3 is 20.8 Å². The van der Waals surface area contributed by atoms with Gasteiger partial charge in [-0.2, -0.15) is 0 Å². The SMILES string of the molecule is CCc1cc2cccc(-c3ccnc(OC)c3)c2c(=O)n1C1CCCCC1.NC(=O)c1c(N)nn2cccnc12. The largest absolute Gasteiger partial charge is 0.481 e. The highest BCUT2D eigenvalue weighted by molar-refractivity contribution is 6.03. The summed E-state index contributed by atoms with van der Waals surface area (Å²) in [5, 5.41) is 5.68. The van der Waals surface area contributed by atoms with Gasteiger partial charge in [-0.1, -0.05) is 44.4 Å². The number of aryl methyl sites for hydroxylation is 1. The standard InChI is InChI=1S/C23H26N2O2.C7H7N5O/c1-3-18-14-17-8-7-11-20(16-12-13-24-21(15-16)27-2)22(17)23(26)25(18)19-9-5-4-6-10-19;8-5-4(6(9)13)7-10-2-1-3-12(7)11-5/h7-8,11-15,19H,3-6,9-10H2,1-2H3;1-3H,(H2,8,11)(H2,9,13). The van der Waals surface area contributed by atoms with Gasteiger partial charge in [0.25, 0.3) is 11.5 Å². The monoisotopic (exact) mass is 539 g/mol. The fraction of sp³-hybridized carbons (Fsp3) is 0.300. The summed E-state index contributed by atoms with van der Waals surface area (Å²) in [6.07, 6.45) is 11.7. The molecule has 1 aliphatic carbocycles. The van der Waals surface area contributed by atoms with Crippen LogP contribution in [0, 0.1) is 0 Å². The van der Waals surface area contributed by atoms with Crippen molar-refractivity contribution < 1.29 is 9.53 Å². The molecule has 1 aliphatic rings. The molecule has 10 nitrogen and oxygen atoms in total. The predicted octanol–water partition coefficient (Wildman–Crippen LogP) is 4.55. The molecule has 0 bridgehead atoms. The van der Waals surface area contributed by atoms with Crippen molar-refractivity contribution in [2.45, 2.75) is 51.5 Å². The number of methoxy groups -OCH3 is 1. The van der Waals surface area contributed by atoms with E-state index in [0.29, 0.717) is 17.6 Å². The van der Waals surface area contributed by atoms with E-state index < -0.39 is 5.91 Å². The summed E-state index contributed by atoms with van der Waals surface area (Å²) in [4.78, 5) is 32.8. The van der Waals surface area contributed by atoms with Crippen molar-refractivity contribution in [3.63, 3.8) is 0 Å². The molecule has 40 heavy (non-hydrogen) atoms. The molecule has 4 aromatic heterocycles. The zero-order valence-electron chi connectivity index (χ0n) is 22.7. The Bertz CT molecular complexity index is 1740. The van der Waals surface area contributed by atoms with Gasteiger partial charge in [0.2, 0.25) is 5.88 Å². The zero-order valence-corrected chi connectivity index (χ0v) is 22.7. The van der Waals surface area contributed by atoms with E-state index in [0.717, 1.165) is 46.9 Å². The van der Waals surface area contributed by atoms with Crippen molar-refractivity contribution in [2.75, 3.05) is 12.8 Å². The van der Waals surface area contributed by atoms with E-state index in [1.165, 1.54) is 23.8 Å². The maximum absolute atomic E-state index is 13.7. The van der Waals surface area contributed by atoms with Crippen molar-refractivity contribution in [1.82, 2.24) is 24.1 Å². The maximum atomic E-state index is 13.7. The Hall–Kier alpha value is -4.73. The fourth-order valence-electron chi connectivity index (χ4n) is 5.51. The molecule has 0 atom stereocenters. The van der Waals surface area contributed by atoms with Gasteiger partial charge in [-0.05, 0) is 54.0 Å². The van der Waals surface area contributed by atoms with Gasteiger partial charge in [0.15, 0.2) is 11.5 Å². The normalized spacial score (nSPS) is 13.7. The molecule has 10 heteroatoms. The number of ether oxygens (including phenoxy) is 1. The van der Waals surface area contributed by atoms with Gasteiger partial charge in [0.05, 0.1) is 12.5 Å². The number of rotatable bonds is 5. The second-order valence-corrected chi connectivity index (χ2v) is 9.83. The molecule has 4 heterocycles. The number of fused-ring (bicyclic) bond motifs is 2. The van der Waals surface area contributed by atoms with Crippen LogP contribution in [0.2, 0.25) is 0 Å². The lowest BCUT2D eigenvalue weighted by Crippen LogP contribution is -2.29. The third-order valence-corrected chi connectivity index (χ3v) is 7.39. The van der Waals surface area contributed by atoms with Crippen LogP contribution in [-0.4, -0.2) is 37.2 Å². The molecule has 0 radical (unpaired) electrons. The molecular weight excluding hydrogens is 506 g/mol. The summed E-state index contributed by atoms with van der Waals surface area (Å²) >= 11 is 0. The molecule has 5 aromatic rings. The highest BCUT2D eigenvalue weighted by atomic mass is 16.5. The van der Waals surface area contributed by atoms with Crippen molar-refractivity contribution in [3.05, 3.63) is 82.7 Å². The first-order valence-electron chi connectivity index (χ1n) is 13.5. The number of aromatic nitrogens is 5. The molecule has 1 amide bonds. The number of nitrogen functional groups attached to an aromatic ring is 1. The number of pyridine rings is 2. The summed E-state index contributed by atoms with van der Waals surface area (Å²) in [6.45, 7) is 2.14. The van der Waals surface area contributed by atoms with Crippen molar-refractivity contribution >= 4 is 28.1 Å². The van der Waals surface area contributed by atoms with E-state index in [-0.39, 0.29) is 16.9 Å². The number of nitrogens with two attached hydrogens (primary N) is 2. The minimum atomic E-state index is -0.619. The Kier molecular flexibility index (Phi) is 7.77. The third kappa shape index (κ3) is 5.12. The van der Waals surface area contributed by atoms with Crippen LogP contribution in [0.5, 0.6) is 5.88 Å². The number of hydrogen-bond acceptors (Lipinski definition) is 7. The summed E-state index contributed by atoms with van der Waals surface area (Å²) in [7, 11) is 1.61. The number of primary amides is 1. The van der Waals surface area contributed by atoms with E-state index >= 15 is 0 Å². The Balaban J connectivity index is 0.000000207. The van der Waals surface area contributed by atoms with E-state index in [1.807, 2.05) is 30.3 Å². The van der Waals surface area contributed by atoms with Gasteiger partial charge in [-0.25, -0.2) is 14.5 Å². The van der Waals surface area contributed by atoms with E-state index in [2.05, 4.69) is 32.6 Å². The molecule has 1 fully saturated rings. The molecule has 206 valence electrons. The Labute approximate surface area is 231 Å². The van der Waals surface area contributed by atoms with Gasteiger partial charge in [-0.15, -0.1) is 5.10 Å². The first-order chi connectivity index (χ1) is 19.4. The molecule has 0 spiro atoms. The number of hydrogen-bond donors (Lipinski definition) is 2. The van der Waals surface area contributed by atoms with Crippen LogP contribution in [0.4, 0.5) is 5.82 Å². The number of amides is 1. The van der Waals surface area contributed by atoms with E-state index in [4.69, 9.17) is 16.2 Å². The van der Waals surface area contributed by atoms with Crippen LogP contribution in [0.15, 0.2) is 65.8 Å². The second kappa shape index (κ2) is 11.6. The number of nitrogens with zero attached hydrogens (tertiary/aromatic N) is 5. The summed E-state index contributed by atoms with van der Waals surface area (Å²) in [5.74, 6) is 0.0414. The van der Waals surface area contributed by atoms with Gasteiger partial charge in [-0.3, -0.25) is 9.59 Å². The average Bonchev–Trinajstić information content (AvgIpc) is 3.33. The molecule has 1 saturated carbocycles. The lowest BCUT2D eigenvalue weighted by Gasteiger charge is -2.27. The number of carbonyl (C=O) groups excluding carboxylic acids is 1. The number of benzene rings is 1. The van der Waals surface area contributed by atoms with Gasteiger partial charge in [0, 0.05) is 36.4 Å². The second-order valence-electron chi connectivity index (χ2n) is 9.83. The zero-order chi connectivity index (χ0) is 28.2. The molecule has 0 aliphatic heterocycles. The highest BCUT2D eigenvalue weighted by Gasteiger charge is 2.21. The van der Waals surface area contributed by atoms with Gasteiger partial charge >= 0.3 is 0 Å². The van der Waals surface area contributed by atoms with E-state index in [1.54, 1.807) is 31.8 Å². The first kappa shape index (κ1) is 26.9. The fourth-order valence-corrected chi connectivity index (χ4v) is 5.51. The van der Waals surface area contributed by atoms with Crippen molar-refractivity contribution in [3.8, 4) is 17.0 Å². The molecule has 0 saturated heterocycles. The Morgan fingerprint density at radius 1 is 1.07 bits per heavy atom. The van der Waals surface area contributed by atoms with Crippen LogP contribution >= 0.6 is 0 Å². The number of carbonyl (C=O) groups is 1. The van der Waals surface area contributed by atoms with Crippen LogP contribution in [0.3, 0.4) is 0 Å². The summed E-state index contributed by atoms with van der Waals surface area (Å²) < 4.78 is 8.78. The predicted molar refractivity (Wildman–Crippen MR) is 155 cm³/mol. The molecule has 1 aromatic carbocycles. The summed E-state index contributed by atoms with van der Waals surface area (Å²) in [6, 6.07) is 14.1. The molecule has 4 N–H and O–H groups in total. The highest BCUT2D eigenvalue weighted by Crippen LogP contribution is 2.32. The summed E-state index contributed by atoms with van der Waals surface area (Å²) in [5.41, 5.74) is 14.3. The minimum absolute atomic E-state index is 0.103. The minimum Gasteiger partial charge on any atom is -0.481 e. The van der Waals surface area contributed by atoms with Crippen molar-refractivity contribution in [1.29, 1.82) is 0 Å². The lowest BCUT2D eigenvalue weighted by atomic mass is 9.93. The quantitative estimate of drug-likeness (QED) is 0.333. The van der Waals surface area contributed by atoms with E-state index in [9.17, 15) is 9.59 Å². The molecule has 0 unspecified atom stereocenters. The number of anilines is 1. The Morgan fingerprint density at radius 3 is 2.60 bits per heavy atom. The van der Waals surface area contributed by atoms with Crippen molar-refractivity contribution in [2.24, 2.45) is 5.73 Å². The molecular formula is C30H33N7O3. The van der Waals surface area contributed by atoms with Crippen LogP contribution < -0.4 is 21.8 Å². The molecule has 6 rings (SSSR count). The van der Waals surface area contributed by atoms with Gasteiger partial charge in [0.1, 0.15) is 5.56 Å². The smallest absolute Gasteiger partial charge is 0.259 e. The van der Waals surface area contributed by atoms with Crippen LogP contribution in [0.1, 0.15) is 61.1 Å².